The van der Waals surface area contributed by atoms with E-state index >= 15 is 0 Å². The number of anilines is 3. The van der Waals surface area contributed by atoms with Gasteiger partial charge in [-0.05, 0) is 31.2 Å². The molecule has 9 heteroatoms. The molecule has 3 aromatic rings. The second-order valence-electron chi connectivity index (χ2n) is 5.29. The average Bonchev–Trinajstić information content (AvgIpc) is 2.62. The van der Waals surface area contributed by atoms with Crippen LogP contribution in [-0.2, 0) is 0 Å². The molecule has 0 atom stereocenters. The summed E-state index contributed by atoms with van der Waals surface area (Å²) in [7, 11) is 1.48. The molecule has 2 aromatic heterocycles. The van der Waals surface area contributed by atoms with Gasteiger partial charge in [0.25, 0.3) is 0 Å². The standard InChI is InChI=1S/C17H18N6O3/c1-3-18-17(25)23-15-9-19-11-5-7-14(21-16(11)22-15)20-10-4-6-13(26-2)12(24)8-10/h4-9,24H,3H2,1-2H3,(H3,18,20,21,22,23,25). The molecule has 0 spiro atoms. The van der Waals surface area contributed by atoms with E-state index in [-0.39, 0.29) is 11.8 Å². The highest BCUT2D eigenvalue weighted by Crippen LogP contribution is 2.29. The van der Waals surface area contributed by atoms with Crippen LogP contribution >= 0.6 is 0 Å². The largest absolute Gasteiger partial charge is 0.504 e. The zero-order valence-electron chi connectivity index (χ0n) is 14.3. The van der Waals surface area contributed by atoms with Crippen LogP contribution in [-0.4, -0.2) is 39.7 Å². The van der Waals surface area contributed by atoms with Crippen molar-refractivity contribution >= 4 is 34.5 Å². The van der Waals surface area contributed by atoms with Crippen LogP contribution < -0.4 is 20.7 Å². The van der Waals surface area contributed by atoms with Gasteiger partial charge < -0.3 is 20.5 Å². The number of aromatic nitrogens is 3. The van der Waals surface area contributed by atoms with Crippen molar-refractivity contribution in [3.8, 4) is 11.5 Å². The van der Waals surface area contributed by atoms with Gasteiger partial charge in [0.05, 0.1) is 13.3 Å². The number of aromatic hydroxyl groups is 1. The van der Waals surface area contributed by atoms with Crippen molar-refractivity contribution < 1.29 is 14.6 Å². The Bertz CT molecular complexity index is 947. The summed E-state index contributed by atoms with van der Waals surface area (Å²) in [5.74, 6) is 1.22. The highest BCUT2D eigenvalue weighted by molar-refractivity contribution is 5.89. The summed E-state index contributed by atoms with van der Waals surface area (Å²) >= 11 is 0. The van der Waals surface area contributed by atoms with E-state index in [1.807, 2.05) is 6.92 Å². The second-order valence-corrected chi connectivity index (χ2v) is 5.29. The summed E-state index contributed by atoms with van der Waals surface area (Å²) in [6.45, 7) is 2.33. The molecule has 26 heavy (non-hydrogen) atoms. The third-order valence-electron chi connectivity index (χ3n) is 3.44. The molecule has 1 aromatic carbocycles. The van der Waals surface area contributed by atoms with Crippen LogP contribution in [0.1, 0.15) is 6.92 Å². The normalized spacial score (nSPS) is 10.4. The number of carbonyl (C=O) groups excluding carboxylic acids is 1. The van der Waals surface area contributed by atoms with Crippen LogP contribution in [0.4, 0.5) is 22.1 Å². The molecule has 0 aliphatic heterocycles. The topological polar surface area (TPSA) is 121 Å². The van der Waals surface area contributed by atoms with Crippen LogP contribution in [0.5, 0.6) is 11.5 Å². The minimum Gasteiger partial charge on any atom is -0.504 e. The van der Waals surface area contributed by atoms with Gasteiger partial charge in [-0.1, -0.05) is 0 Å². The molecular weight excluding hydrogens is 336 g/mol. The van der Waals surface area contributed by atoms with E-state index in [4.69, 9.17) is 4.74 Å². The molecule has 0 radical (unpaired) electrons. The number of carbonyl (C=O) groups is 1. The van der Waals surface area contributed by atoms with Crippen molar-refractivity contribution in [2.75, 3.05) is 24.3 Å². The number of amides is 2. The number of ether oxygens (including phenoxy) is 1. The number of phenols is 1. The lowest BCUT2D eigenvalue weighted by atomic mass is 10.2. The van der Waals surface area contributed by atoms with Crippen LogP contribution in [0, 0.1) is 0 Å². The fourth-order valence-corrected chi connectivity index (χ4v) is 2.26. The maximum atomic E-state index is 11.6. The number of rotatable bonds is 5. The van der Waals surface area contributed by atoms with Crippen molar-refractivity contribution in [1.82, 2.24) is 20.3 Å². The van der Waals surface area contributed by atoms with Gasteiger partial charge in [-0.3, -0.25) is 5.32 Å². The fourth-order valence-electron chi connectivity index (χ4n) is 2.26. The lowest BCUT2D eigenvalue weighted by Crippen LogP contribution is -2.28. The first-order chi connectivity index (χ1) is 12.6. The average molecular weight is 354 g/mol. The lowest BCUT2D eigenvalue weighted by Gasteiger charge is -2.09. The van der Waals surface area contributed by atoms with Crippen LogP contribution in [0.3, 0.4) is 0 Å². The van der Waals surface area contributed by atoms with Crippen LogP contribution in [0.25, 0.3) is 11.2 Å². The van der Waals surface area contributed by atoms with E-state index in [1.165, 1.54) is 19.4 Å². The molecule has 0 bridgehead atoms. The Kier molecular flexibility index (Phi) is 4.97. The molecule has 0 saturated carbocycles. The molecular formula is C17H18N6O3. The Hall–Kier alpha value is -3.62. The van der Waals surface area contributed by atoms with Gasteiger partial charge in [-0.15, -0.1) is 0 Å². The third kappa shape index (κ3) is 3.89. The highest BCUT2D eigenvalue weighted by atomic mass is 16.5. The zero-order valence-corrected chi connectivity index (χ0v) is 14.3. The van der Waals surface area contributed by atoms with Crippen molar-refractivity contribution in [3.63, 3.8) is 0 Å². The molecule has 134 valence electrons. The van der Waals surface area contributed by atoms with E-state index in [2.05, 4.69) is 30.9 Å². The molecule has 0 aliphatic carbocycles. The number of hydrogen-bond acceptors (Lipinski definition) is 7. The Labute approximate surface area is 149 Å². The molecule has 0 unspecified atom stereocenters. The quantitative estimate of drug-likeness (QED) is 0.555. The van der Waals surface area contributed by atoms with Crippen LogP contribution in [0.2, 0.25) is 0 Å². The van der Waals surface area contributed by atoms with Gasteiger partial charge in [0.15, 0.2) is 23.0 Å². The Morgan fingerprint density at radius 2 is 2.00 bits per heavy atom. The van der Waals surface area contributed by atoms with E-state index in [1.54, 1.807) is 24.3 Å². The molecule has 2 amide bonds. The molecule has 0 fully saturated rings. The smallest absolute Gasteiger partial charge is 0.320 e. The lowest BCUT2D eigenvalue weighted by molar-refractivity contribution is 0.252. The Morgan fingerprint density at radius 3 is 2.73 bits per heavy atom. The predicted octanol–water partition coefficient (Wildman–Crippen LogP) is 2.62. The molecule has 4 N–H and O–H groups in total. The Morgan fingerprint density at radius 1 is 1.19 bits per heavy atom. The number of fused-ring (bicyclic) bond motifs is 1. The number of nitrogens with one attached hydrogen (secondary N) is 3. The van der Waals surface area contributed by atoms with Gasteiger partial charge >= 0.3 is 6.03 Å². The van der Waals surface area contributed by atoms with Gasteiger partial charge in [0.1, 0.15) is 11.3 Å². The molecule has 2 heterocycles. The van der Waals surface area contributed by atoms with Gasteiger partial charge in [-0.2, -0.15) is 0 Å². The fraction of sp³-hybridized carbons (Fsp3) is 0.176. The second kappa shape index (κ2) is 7.51. The van der Waals surface area contributed by atoms with Gasteiger partial charge in [-0.25, -0.2) is 19.7 Å². The summed E-state index contributed by atoms with van der Waals surface area (Å²) in [6.07, 6.45) is 1.47. The number of methoxy groups -OCH3 is 1. The van der Waals surface area contributed by atoms with Gasteiger partial charge in [0, 0.05) is 18.3 Å². The zero-order chi connectivity index (χ0) is 18.5. The maximum Gasteiger partial charge on any atom is 0.320 e. The number of hydrogen-bond donors (Lipinski definition) is 4. The van der Waals surface area contributed by atoms with Gasteiger partial charge in [0.2, 0.25) is 0 Å². The number of nitrogens with zero attached hydrogens (tertiary/aromatic N) is 3. The summed E-state index contributed by atoms with van der Waals surface area (Å²) in [5.41, 5.74) is 1.61. The third-order valence-corrected chi connectivity index (χ3v) is 3.44. The first-order valence-corrected chi connectivity index (χ1v) is 7.91. The summed E-state index contributed by atoms with van der Waals surface area (Å²) in [5, 5.41) is 18.1. The minimum absolute atomic E-state index is 0.0199. The van der Waals surface area contributed by atoms with Crippen molar-refractivity contribution in [2.24, 2.45) is 0 Å². The maximum absolute atomic E-state index is 11.6. The monoisotopic (exact) mass is 354 g/mol. The van der Waals surface area contributed by atoms with Crippen LogP contribution in [0.15, 0.2) is 36.5 Å². The summed E-state index contributed by atoms with van der Waals surface area (Å²) in [4.78, 5) is 24.5. The summed E-state index contributed by atoms with van der Waals surface area (Å²) < 4.78 is 5.02. The van der Waals surface area contributed by atoms with E-state index < -0.39 is 0 Å². The minimum atomic E-state index is -0.357. The number of benzene rings is 1. The SMILES string of the molecule is CCNC(=O)Nc1cnc2ccc(Nc3ccc(OC)c(O)c3)nc2n1. The highest BCUT2D eigenvalue weighted by Gasteiger charge is 2.07. The number of urea groups is 1. The predicted molar refractivity (Wildman–Crippen MR) is 98.0 cm³/mol. The van der Waals surface area contributed by atoms with E-state index in [0.717, 1.165) is 0 Å². The first kappa shape index (κ1) is 17.2. The van der Waals surface area contributed by atoms with Crippen molar-refractivity contribution in [1.29, 1.82) is 0 Å². The van der Waals surface area contributed by atoms with E-state index in [9.17, 15) is 9.90 Å². The first-order valence-electron chi connectivity index (χ1n) is 7.91. The number of phenolic OH excluding ortho intramolecular Hbond substituents is 1. The van der Waals surface area contributed by atoms with Crippen molar-refractivity contribution in [3.05, 3.63) is 36.5 Å². The molecule has 0 aliphatic rings. The summed E-state index contributed by atoms with van der Waals surface area (Å²) in [6, 6.07) is 8.08. The molecule has 3 rings (SSSR count). The molecule has 0 saturated heterocycles. The number of pyridine rings is 1. The van der Waals surface area contributed by atoms with Crippen molar-refractivity contribution in [2.45, 2.75) is 6.92 Å². The Balaban J connectivity index is 1.83. The van der Waals surface area contributed by atoms with E-state index in [0.29, 0.717) is 40.8 Å². The molecule has 9 nitrogen and oxygen atoms in total.